The lowest BCUT2D eigenvalue weighted by Gasteiger charge is -2.12. The molecule has 0 atom stereocenters. The fraction of sp³-hybridized carbons (Fsp3) is 0.333. The van der Waals surface area contributed by atoms with Crippen molar-refractivity contribution in [3.8, 4) is 0 Å². The van der Waals surface area contributed by atoms with Gasteiger partial charge in [-0.25, -0.2) is 0 Å². The number of halogens is 1. The van der Waals surface area contributed by atoms with Gasteiger partial charge in [0.05, 0.1) is 13.2 Å². The van der Waals surface area contributed by atoms with Gasteiger partial charge >= 0.3 is 0 Å². The third-order valence-electron chi connectivity index (χ3n) is 3.56. The van der Waals surface area contributed by atoms with E-state index in [0.717, 1.165) is 17.1 Å². The maximum absolute atomic E-state index is 11.7. The first-order valence-electron chi connectivity index (χ1n) is 7.89. The zero-order chi connectivity index (χ0) is 17.2. The molecule has 25 heavy (non-hydrogen) atoms. The van der Waals surface area contributed by atoms with Crippen molar-refractivity contribution in [2.45, 2.75) is 13.1 Å². The first-order chi connectivity index (χ1) is 11.7. The molecule has 7 heteroatoms. The molecule has 0 unspecified atom stereocenters. The SMILES string of the molecule is CN=C(NCCOC)NCc1ccc(Cn2ccccc2=O)cc1.I. The molecule has 1 aromatic carbocycles. The summed E-state index contributed by atoms with van der Waals surface area (Å²) in [5.74, 6) is 0.743. The Morgan fingerprint density at radius 3 is 2.48 bits per heavy atom. The van der Waals surface area contributed by atoms with Crippen LogP contribution in [0.25, 0.3) is 0 Å². The van der Waals surface area contributed by atoms with Crippen LogP contribution in [0.3, 0.4) is 0 Å². The summed E-state index contributed by atoms with van der Waals surface area (Å²) in [5, 5.41) is 6.42. The number of aliphatic imine (C=N–C) groups is 1. The number of pyridine rings is 1. The minimum absolute atomic E-state index is 0. The molecule has 136 valence electrons. The van der Waals surface area contributed by atoms with Crippen LogP contribution in [-0.4, -0.2) is 37.8 Å². The van der Waals surface area contributed by atoms with Crippen LogP contribution in [0.2, 0.25) is 0 Å². The molecular weight excluding hydrogens is 431 g/mol. The van der Waals surface area contributed by atoms with E-state index in [1.54, 1.807) is 37.1 Å². The predicted octanol–water partition coefficient (Wildman–Crippen LogP) is 1.83. The lowest BCUT2D eigenvalue weighted by molar-refractivity contribution is 0.203. The third-order valence-corrected chi connectivity index (χ3v) is 3.56. The Balaban J connectivity index is 0.00000312. The van der Waals surface area contributed by atoms with Crippen LogP contribution in [0.5, 0.6) is 0 Å². The van der Waals surface area contributed by atoms with Crippen molar-refractivity contribution in [2.24, 2.45) is 4.99 Å². The van der Waals surface area contributed by atoms with Crippen molar-refractivity contribution in [2.75, 3.05) is 27.3 Å². The van der Waals surface area contributed by atoms with Gasteiger partial charge in [-0.1, -0.05) is 30.3 Å². The van der Waals surface area contributed by atoms with E-state index in [2.05, 4.69) is 27.8 Å². The summed E-state index contributed by atoms with van der Waals surface area (Å²) in [6.45, 7) is 2.60. The normalized spacial score (nSPS) is 10.9. The van der Waals surface area contributed by atoms with E-state index in [0.29, 0.717) is 26.2 Å². The van der Waals surface area contributed by atoms with Crippen molar-refractivity contribution in [1.29, 1.82) is 0 Å². The number of nitrogens with zero attached hydrogens (tertiary/aromatic N) is 2. The van der Waals surface area contributed by atoms with Gasteiger partial charge in [-0.3, -0.25) is 9.79 Å². The van der Waals surface area contributed by atoms with Crippen molar-refractivity contribution < 1.29 is 4.74 Å². The first-order valence-corrected chi connectivity index (χ1v) is 7.89. The Bertz CT molecular complexity index is 714. The molecule has 0 aliphatic heterocycles. The second-order valence-corrected chi connectivity index (χ2v) is 5.33. The molecule has 0 aliphatic rings. The van der Waals surface area contributed by atoms with E-state index in [9.17, 15) is 4.79 Å². The smallest absolute Gasteiger partial charge is 0.250 e. The minimum atomic E-state index is 0. The molecule has 1 heterocycles. The van der Waals surface area contributed by atoms with E-state index >= 15 is 0 Å². The van der Waals surface area contributed by atoms with E-state index in [1.165, 1.54) is 0 Å². The molecule has 0 saturated carbocycles. The van der Waals surface area contributed by atoms with Crippen molar-refractivity contribution in [3.05, 3.63) is 70.1 Å². The number of hydrogen-bond acceptors (Lipinski definition) is 3. The molecule has 0 saturated heterocycles. The summed E-state index contributed by atoms with van der Waals surface area (Å²) in [5.41, 5.74) is 2.25. The standard InChI is InChI=1S/C18H24N4O2.HI/c1-19-18(20-10-12-24-2)21-13-15-6-8-16(9-7-15)14-22-11-4-3-5-17(22)23;/h3-9,11H,10,12-14H2,1-2H3,(H2,19,20,21);1H. The van der Waals surface area contributed by atoms with Crippen LogP contribution in [-0.2, 0) is 17.8 Å². The third kappa shape index (κ3) is 7.27. The minimum Gasteiger partial charge on any atom is -0.383 e. The fourth-order valence-electron chi connectivity index (χ4n) is 2.23. The Hall–Kier alpha value is -1.87. The molecule has 2 aromatic rings. The molecule has 1 aromatic heterocycles. The van der Waals surface area contributed by atoms with Gasteiger partial charge in [-0.15, -0.1) is 24.0 Å². The highest BCUT2D eigenvalue weighted by Crippen LogP contribution is 2.05. The van der Waals surface area contributed by atoms with Crippen LogP contribution in [0.1, 0.15) is 11.1 Å². The fourth-order valence-corrected chi connectivity index (χ4v) is 2.23. The van der Waals surface area contributed by atoms with Crippen LogP contribution in [0.15, 0.2) is 58.4 Å². The van der Waals surface area contributed by atoms with Gasteiger partial charge in [-0.2, -0.15) is 0 Å². The molecular formula is C18H25IN4O2. The lowest BCUT2D eigenvalue weighted by atomic mass is 10.1. The summed E-state index contributed by atoms with van der Waals surface area (Å²) in [6.07, 6.45) is 1.80. The summed E-state index contributed by atoms with van der Waals surface area (Å²) in [4.78, 5) is 15.9. The zero-order valence-electron chi connectivity index (χ0n) is 14.6. The summed E-state index contributed by atoms with van der Waals surface area (Å²) >= 11 is 0. The number of methoxy groups -OCH3 is 1. The van der Waals surface area contributed by atoms with Gasteiger partial charge in [0.2, 0.25) is 0 Å². The summed E-state index contributed by atoms with van der Waals surface area (Å²) in [7, 11) is 3.41. The molecule has 0 radical (unpaired) electrons. The number of benzene rings is 1. The predicted molar refractivity (Wildman–Crippen MR) is 112 cm³/mol. The number of nitrogens with one attached hydrogen (secondary N) is 2. The average molecular weight is 456 g/mol. The summed E-state index contributed by atoms with van der Waals surface area (Å²) < 4.78 is 6.69. The second kappa shape index (κ2) is 11.6. The molecule has 0 fully saturated rings. The number of guanidine groups is 1. The number of ether oxygens (including phenoxy) is 1. The zero-order valence-corrected chi connectivity index (χ0v) is 16.9. The van der Waals surface area contributed by atoms with E-state index in [-0.39, 0.29) is 29.5 Å². The van der Waals surface area contributed by atoms with Gasteiger partial charge in [0.25, 0.3) is 5.56 Å². The largest absolute Gasteiger partial charge is 0.383 e. The van der Waals surface area contributed by atoms with Crippen LogP contribution < -0.4 is 16.2 Å². The van der Waals surface area contributed by atoms with E-state index in [4.69, 9.17) is 4.74 Å². The van der Waals surface area contributed by atoms with Gasteiger partial charge in [0.1, 0.15) is 0 Å². The highest BCUT2D eigenvalue weighted by atomic mass is 127. The van der Waals surface area contributed by atoms with Gasteiger partial charge < -0.3 is 19.9 Å². The van der Waals surface area contributed by atoms with Gasteiger partial charge in [-0.05, 0) is 17.2 Å². The number of rotatable bonds is 7. The highest BCUT2D eigenvalue weighted by molar-refractivity contribution is 14.0. The molecule has 2 N–H and O–H groups in total. The van der Waals surface area contributed by atoms with Crippen molar-refractivity contribution in [1.82, 2.24) is 15.2 Å². The average Bonchev–Trinajstić information content (AvgIpc) is 2.61. The van der Waals surface area contributed by atoms with E-state index in [1.807, 2.05) is 18.2 Å². The quantitative estimate of drug-likeness (QED) is 0.289. The molecule has 0 spiro atoms. The molecule has 0 amide bonds. The monoisotopic (exact) mass is 456 g/mol. The summed E-state index contributed by atoms with van der Waals surface area (Å²) in [6, 6.07) is 13.4. The maximum Gasteiger partial charge on any atom is 0.250 e. The van der Waals surface area contributed by atoms with Crippen LogP contribution >= 0.6 is 24.0 Å². The van der Waals surface area contributed by atoms with Gasteiger partial charge in [0.15, 0.2) is 5.96 Å². The van der Waals surface area contributed by atoms with Crippen LogP contribution in [0, 0.1) is 0 Å². The Labute approximate surface area is 165 Å². The number of aromatic nitrogens is 1. The molecule has 0 bridgehead atoms. The topological polar surface area (TPSA) is 67.7 Å². The molecule has 0 aliphatic carbocycles. The lowest BCUT2D eigenvalue weighted by Crippen LogP contribution is -2.38. The number of hydrogen-bond donors (Lipinski definition) is 2. The second-order valence-electron chi connectivity index (χ2n) is 5.33. The Kier molecular flexibility index (Phi) is 9.86. The Morgan fingerprint density at radius 2 is 1.84 bits per heavy atom. The highest BCUT2D eigenvalue weighted by Gasteiger charge is 2.00. The Morgan fingerprint density at radius 1 is 1.12 bits per heavy atom. The van der Waals surface area contributed by atoms with E-state index < -0.39 is 0 Å². The molecule has 2 rings (SSSR count). The maximum atomic E-state index is 11.7. The van der Waals surface area contributed by atoms with Crippen molar-refractivity contribution in [3.63, 3.8) is 0 Å². The van der Waals surface area contributed by atoms with Crippen LogP contribution in [0.4, 0.5) is 0 Å². The first kappa shape index (κ1) is 21.2. The van der Waals surface area contributed by atoms with Gasteiger partial charge in [0, 0.05) is 39.5 Å². The van der Waals surface area contributed by atoms with Crippen molar-refractivity contribution >= 4 is 29.9 Å². The molecule has 6 nitrogen and oxygen atoms in total.